The third-order valence-electron chi connectivity index (χ3n) is 1.65. The van der Waals surface area contributed by atoms with Crippen LogP contribution in [0.25, 0.3) is 0 Å². The summed E-state index contributed by atoms with van der Waals surface area (Å²) in [5.41, 5.74) is 1.18. The highest BCUT2D eigenvalue weighted by molar-refractivity contribution is 5.00. The van der Waals surface area contributed by atoms with E-state index in [1.807, 2.05) is 13.1 Å². The quantitative estimate of drug-likeness (QED) is 0.487. The molecule has 0 bridgehead atoms. The third kappa shape index (κ3) is 7.44. The first-order chi connectivity index (χ1) is 6.20. The molecule has 76 valence electrons. The summed E-state index contributed by atoms with van der Waals surface area (Å²) in [6, 6.07) is 0.407. The molecule has 0 saturated heterocycles. The Labute approximate surface area is 82.1 Å². The van der Waals surface area contributed by atoms with Gasteiger partial charge in [0.2, 0.25) is 0 Å². The molecule has 0 aliphatic rings. The van der Waals surface area contributed by atoms with E-state index in [4.69, 9.17) is 0 Å². The molecule has 1 atom stereocenters. The first-order valence-electron chi connectivity index (χ1n) is 5.00. The minimum Gasteiger partial charge on any atom is -0.390 e. The van der Waals surface area contributed by atoms with Crippen molar-refractivity contribution >= 4 is 0 Å². The third-order valence-corrected chi connectivity index (χ3v) is 1.65. The number of hydrogen-bond donors (Lipinski definition) is 2. The van der Waals surface area contributed by atoms with Crippen LogP contribution in [0.5, 0.6) is 0 Å². The molecule has 2 nitrogen and oxygen atoms in total. The van der Waals surface area contributed by atoms with Crippen LogP contribution < -0.4 is 10.6 Å². The van der Waals surface area contributed by atoms with Crippen molar-refractivity contribution in [1.82, 2.24) is 10.6 Å². The van der Waals surface area contributed by atoms with Crippen LogP contribution in [0.15, 0.2) is 24.0 Å². The fraction of sp³-hybridized carbons (Fsp3) is 0.636. The molecule has 0 aromatic carbocycles. The Morgan fingerprint density at radius 1 is 1.46 bits per heavy atom. The summed E-state index contributed by atoms with van der Waals surface area (Å²) in [5.74, 6) is 0. The second-order valence-electron chi connectivity index (χ2n) is 3.24. The van der Waals surface area contributed by atoms with Gasteiger partial charge in [0.25, 0.3) is 0 Å². The van der Waals surface area contributed by atoms with E-state index >= 15 is 0 Å². The number of allylic oxidation sites excluding steroid dienone is 2. The lowest BCUT2D eigenvalue weighted by molar-refractivity contribution is 0.709. The molecular weight excluding hydrogens is 160 g/mol. The Balaban J connectivity index is 3.70. The van der Waals surface area contributed by atoms with Gasteiger partial charge in [-0.15, -0.1) is 0 Å². The normalized spacial score (nSPS) is 14.6. The van der Waals surface area contributed by atoms with Crippen molar-refractivity contribution in [2.45, 2.75) is 40.2 Å². The molecule has 0 aliphatic carbocycles. The maximum Gasteiger partial charge on any atom is 0.0413 e. The van der Waals surface area contributed by atoms with Gasteiger partial charge in [-0.05, 0) is 27.2 Å². The summed E-state index contributed by atoms with van der Waals surface area (Å²) in [7, 11) is 0. The summed E-state index contributed by atoms with van der Waals surface area (Å²) >= 11 is 0. The molecule has 2 heteroatoms. The molecule has 0 rings (SSSR count). The molecule has 0 heterocycles. The van der Waals surface area contributed by atoms with Crippen molar-refractivity contribution in [2.75, 3.05) is 6.54 Å². The van der Waals surface area contributed by atoms with Gasteiger partial charge >= 0.3 is 0 Å². The predicted octanol–water partition coefficient (Wildman–Crippen LogP) is 2.40. The van der Waals surface area contributed by atoms with E-state index in [1.165, 1.54) is 5.70 Å². The largest absolute Gasteiger partial charge is 0.390 e. The summed E-state index contributed by atoms with van der Waals surface area (Å²) in [5, 5.41) is 6.59. The first kappa shape index (κ1) is 12.1. The van der Waals surface area contributed by atoms with Crippen LogP contribution in [-0.4, -0.2) is 12.6 Å². The standard InChI is InChI=1S/C11H22N2/c1-5-7-10(3)13-11(4)9-12-8-6-2/h5,7,9-10,12-13H,6,8H2,1-4H3/b7-5-,11-9-. The zero-order valence-corrected chi connectivity index (χ0v) is 9.22. The lowest BCUT2D eigenvalue weighted by Crippen LogP contribution is -2.23. The maximum absolute atomic E-state index is 3.35. The maximum atomic E-state index is 3.35. The van der Waals surface area contributed by atoms with Crippen LogP contribution in [0.1, 0.15) is 34.1 Å². The molecule has 0 aromatic heterocycles. The van der Waals surface area contributed by atoms with Gasteiger partial charge in [-0.2, -0.15) is 0 Å². The molecule has 0 amide bonds. The van der Waals surface area contributed by atoms with Gasteiger partial charge in [-0.25, -0.2) is 0 Å². The van der Waals surface area contributed by atoms with E-state index in [0.29, 0.717) is 6.04 Å². The van der Waals surface area contributed by atoms with Crippen molar-refractivity contribution in [2.24, 2.45) is 0 Å². The summed E-state index contributed by atoms with van der Waals surface area (Å²) in [6.07, 6.45) is 7.39. The zero-order chi connectivity index (χ0) is 10.1. The lowest BCUT2D eigenvalue weighted by atomic mass is 10.3. The summed E-state index contributed by atoms with van der Waals surface area (Å²) < 4.78 is 0. The first-order valence-corrected chi connectivity index (χ1v) is 5.00. The number of rotatable bonds is 6. The minimum atomic E-state index is 0.407. The van der Waals surface area contributed by atoms with Crippen molar-refractivity contribution in [3.63, 3.8) is 0 Å². The molecule has 1 unspecified atom stereocenters. The smallest absolute Gasteiger partial charge is 0.0413 e. The number of nitrogens with one attached hydrogen (secondary N) is 2. The van der Waals surface area contributed by atoms with Gasteiger partial charge in [0.05, 0.1) is 0 Å². The monoisotopic (exact) mass is 182 g/mol. The van der Waals surface area contributed by atoms with E-state index in [2.05, 4.69) is 43.6 Å². The molecule has 13 heavy (non-hydrogen) atoms. The Kier molecular flexibility index (Phi) is 7.17. The minimum absolute atomic E-state index is 0.407. The fourth-order valence-electron chi connectivity index (χ4n) is 1.11. The molecule has 0 aromatic rings. The molecule has 0 spiro atoms. The highest BCUT2D eigenvalue weighted by atomic mass is 14.9. The van der Waals surface area contributed by atoms with Gasteiger partial charge in [0.1, 0.15) is 0 Å². The van der Waals surface area contributed by atoms with Gasteiger partial charge < -0.3 is 10.6 Å². The summed E-state index contributed by atoms with van der Waals surface area (Å²) in [6.45, 7) is 9.44. The fourth-order valence-corrected chi connectivity index (χ4v) is 1.11. The molecule has 0 fully saturated rings. The lowest BCUT2D eigenvalue weighted by Gasteiger charge is -2.11. The second kappa shape index (κ2) is 7.71. The Morgan fingerprint density at radius 2 is 2.15 bits per heavy atom. The van der Waals surface area contributed by atoms with Crippen LogP contribution in [0.3, 0.4) is 0 Å². The zero-order valence-electron chi connectivity index (χ0n) is 9.22. The Bertz CT molecular complexity index is 171. The highest BCUT2D eigenvalue weighted by Crippen LogP contribution is 1.91. The van der Waals surface area contributed by atoms with Crippen LogP contribution in [0.4, 0.5) is 0 Å². The van der Waals surface area contributed by atoms with E-state index in [1.54, 1.807) is 0 Å². The Hall–Kier alpha value is -0.920. The average molecular weight is 182 g/mol. The SMILES string of the molecule is C/C=C\C(C)N/C(C)=C\NCCC. The van der Waals surface area contributed by atoms with Gasteiger partial charge in [-0.3, -0.25) is 0 Å². The number of hydrogen-bond acceptors (Lipinski definition) is 2. The summed E-state index contributed by atoms with van der Waals surface area (Å²) in [4.78, 5) is 0. The van der Waals surface area contributed by atoms with Crippen molar-refractivity contribution < 1.29 is 0 Å². The van der Waals surface area contributed by atoms with Crippen molar-refractivity contribution in [1.29, 1.82) is 0 Å². The Morgan fingerprint density at radius 3 is 2.69 bits per heavy atom. The molecule has 0 radical (unpaired) electrons. The molecular formula is C11H22N2. The van der Waals surface area contributed by atoms with E-state index in [0.717, 1.165) is 13.0 Å². The van der Waals surface area contributed by atoms with Crippen molar-refractivity contribution in [3.05, 3.63) is 24.0 Å². The van der Waals surface area contributed by atoms with E-state index < -0.39 is 0 Å². The predicted molar refractivity (Wildman–Crippen MR) is 59.5 cm³/mol. The van der Waals surface area contributed by atoms with E-state index in [-0.39, 0.29) is 0 Å². The topological polar surface area (TPSA) is 24.1 Å². The molecule has 2 N–H and O–H groups in total. The van der Waals surface area contributed by atoms with Crippen LogP contribution in [0, 0.1) is 0 Å². The van der Waals surface area contributed by atoms with Crippen molar-refractivity contribution in [3.8, 4) is 0 Å². The van der Waals surface area contributed by atoms with E-state index in [9.17, 15) is 0 Å². The van der Waals surface area contributed by atoms with Gasteiger partial charge in [0.15, 0.2) is 0 Å². The van der Waals surface area contributed by atoms with Crippen LogP contribution >= 0.6 is 0 Å². The van der Waals surface area contributed by atoms with Crippen LogP contribution in [0.2, 0.25) is 0 Å². The molecule has 0 aliphatic heterocycles. The average Bonchev–Trinajstić information content (AvgIpc) is 2.05. The second-order valence-corrected chi connectivity index (χ2v) is 3.24. The van der Waals surface area contributed by atoms with Crippen LogP contribution in [-0.2, 0) is 0 Å². The molecule has 0 saturated carbocycles. The van der Waals surface area contributed by atoms with Gasteiger partial charge in [-0.1, -0.05) is 19.1 Å². The highest BCUT2D eigenvalue weighted by Gasteiger charge is 1.93. The van der Waals surface area contributed by atoms with Gasteiger partial charge in [0, 0.05) is 24.5 Å².